The normalized spacial score (nSPS) is 29.7. The van der Waals surface area contributed by atoms with Crippen LogP contribution in [-0.2, 0) is 33.3 Å². The van der Waals surface area contributed by atoms with E-state index >= 15 is 0 Å². The zero-order valence-corrected chi connectivity index (χ0v) is 12.9. The maximum atomic E-state index is 11.1. The van der Waals surface area contributed by atoms with Crippen molar-refractivity contribution in [3.05, 3.63) is 0 Å². The number of ether oxygens (including phenoxy) is 4. The predicted octanol–water partition coefficient (Wildman–Crippen LogP) is 0.573. The van der Waals surface area contributed by atoms with E-state index in [1.165, 1.54) is 20.8 Å². The van der Waals surface area contributed by atoms with Gasteiger partial charge in [0.2, 0.25) is 12.4 Å². The molecule has 0 unspecified atom stereocenters. The summed E-state index contributed by atoms with van der Waals surface area (Å²) in [4.78, 5) is 33.2. The van der Waals surface area contributed by atoms with E-state index in [4.69, 9.17) is 18.9 Å². The predicted molar refractivity (Wildman–Crippen MR) is 70.4 cm³/mol. The molecule has 0 aromatic heterocycles. The minimum absolute atomic E-state index is 0.491. The molecule has 0 bridgehead atoms. The van der Waals surface area contributed by atoms with Gasteiger partial charge in [0.15, 0.2) is 6.10 Å². The highest BCUT2D eigenvalue weighted by atomic mass is 127. The Hall–Kier alpha value is -0.900. The first-order valence-corrected chi connectivity index (χ1v) is 7.10. The molecule has 4 atom stereocenters. The second-order valence-corrected chi connectivity index (χ2v) is 4.84. The molecule has 1 saturated heterocycles. The van der Waals surface area contributed by atoms with Gasteiger partial charge in [0, 0.05) is 25.2 Å². The van der Waals surface area contributed by atoms with Crippen molar-refractivity contribution in [3.63, 3.8) is 0 Å². The van der Waals surface area contributed by atoms with Crippen LogP contribution < -0.4 is 0 Å². The van der Waals surface area contributed by atoms with E-state index in [1.807, 2.05) is 22.6 Å². The van der Waals surface area contributed by atoms with Gasteiger partial charge in [0.25, 0.3) is 0 Å². The van der Waals surface area contributed by atoms with Crippen molar-refractivity contribution >= 4 is 40.5 Å². The molecular weight excluding hydrogens is 371 g/mol. The Balaban J connectivity index is 2.90. The summed E-state index contributed by atoms with van der Waals surface area (Å²) in [5.74, 6) is -1.67. The number of hydrogen-bond donors (Lipinski definition) is 0. The lowest BCUT2D eigenvalue weighted by atomic mass is 10.1. The van der Waals surface area contributed by atoms with E-state index in [2.05, 4.69) is 0 Å². The second kappa shape index (κ2) is 7.04. The quantitative estimate of drug-likeness (QED) is 0.302. The Bertz CT molecular complexity index is 370. The Labute approximate surface area is 124 Å². The fourth-order valence-electron chi connectivity index (χ4n) is 1.73. The fraction of sp³-hybridized carbons (Fsp3) is 0.727. The smallest absolute Gasteiger partial charge is 0.305 e. The summed E-state index contributed by atoms with van der Waals surface area (Å²) >= 11 is 2.04. The summed E-state index contributed by atoms with van der Waals surface area (Å²) in [5, 5.41) is 0. The minimum Gasteiger partial charge on any atom is -0.455 e. The van der Waals surface area contributed by atoms with Crippen molar-refractivity contribution in [3.8, 4) is 0 Å². The SMILES string of the molecule is CC(=O)O[C@H]1O[C@H](CI)[C@@H](OC(C)=O)[C@H]1OC(C)=O. The van der Waals surface area contributed by atoms with Gasteiger partial charge in [0.1, 0.15) is 6.10 Å². The van der Waals surface area contributed by atoms with E-state index in [0.29, 0.717) is 4.43 Å². The van der Waals surface area contributed by atoms with Gasteiger partial charge in [-0.1, -0.05) is 22.6 Å². The molecule has 0 radical (unpaired) electrons. The molecule has 0 saturated carbocycles. The highest BCUT2D eigenvalue weighted by molar-refractivity contribution is 14.1. The van der Waals surface area contributed by atoms with Crippen molar-refractivity contribution in [2.75, 3.05) is 4.43 Å². The lowest BCUT2D eigenvalue weighted by molar-refractivity contribution is -0.194. The molecule has 0 aliphatic carbocycles. The molecule has 7 nitrogen and oxygen atoms in total. The largest absolute Gasteiger partial charge is 0.455 e. The number of alkyl halides is 1. The van der Waals surface area contributed by atoms with Crippen LogP contribution in [0.4, 0.5) is 0 Å². The zero-order valence-electron chi connectivity index (χ0n) is 10.8. The van der Waals surface area contributed by atoms with Gasteiger partial charge in [-0.2, -0.15) is 0 Å². The van der Waals surface area contributed by atoms with E-state index in [0.717, 1.165) is 0 Å². The first kappa shape index (κ1) is 16.2. The third-order valence-electron chi connectivity index (χ3n) is 2.31. The molecule has 8 heteroatoms. The van der Waals surface area contributed by atoms with Gasteiger partial charge >= 0.3 is 17.9 Å². The topological polar surface area (TPSA) is 88.1 Å². The number of halogens is 1. The van der Waals surface area contributed by atoms with Crippen LogP contribution in [0.25, 0.3) is 0 Å². The summed E-state index contributed by atoms with van der Waals surface area (Å²) in [6.07, 6.45) is -3.31. The third kappa shape index (κ3) is 4.60. The number of rotatable bonds is 4. The van der Waals surface area contributed by atoms with Gasteiger partial charge in [-0.05, 0) is 0 Å². The molecule has 0 amide bonds. The summed E-state index contributed by atoms with van der Waals surface area (Å²) in [6.45, 7) is 3.67. The van der Waals surface area contributed by atoms with Gasteiger partial charge in [-0.25, -0.2) is 0 Å². The monoisotopic (exact) mass is 386 g/mol. The van der Waals surface area contributed by atoms with Crippen LogP contribution in [-0.4, -0.2) is 46.9 Å². The number of carbonyl (C=O) groups is 3. The van der Waals surface area contributed by atoms with Crippen LogP contribution in [0.15, 0.2) is 0 Å². The third-order valence-corrected chi connectivity index (χ3v) is 3.17. The van der Waals surface area contributed by atoms with Crippen LogP contribution in [0.1, 0.15) is 20.8 Å². The highest BCUT2D eigenvalue weighted by Crippen LogP contribution is 2.29. The van der Waals surface area contributed by atoms with Crippen molar-refractivity contribution in [2.24, 2.45) is 0 Å². The lowest BCUT2D eigenvalue weighted by Gasteiger charge is -2.22. The molecule has 1 fully saturated rings. The van der Waals surface area contributed by atoms with Gasteiger partial charge in [0.05, 0.1) is 0 Å². The van der Waals surface area contributed by atoms with Gasteiger partial charge in [-0.15, -0.1) is 0 Å². The number of esters is 3. The molecule has 0 spiro atoms. The average Bonchev–Trinajstić information content (AvgIpc) is 2.55. The van der Waals surface area contributed by atoms with E-state index in [-0.39, 0.29) is 0 Å². The van der Waals surface area contributed by atoms with E-state index in [9.17, 15) is 14.4 Å². The summed E-state index contributed by atoms with van der Waals surface area (Å²) < 4.78 is 21.0. The molecule has 19 heavy (non-hydrogen) atoms. The van der Waals surface area contributed by atoms with Crippen molar-refractivity contribution in [1.82, 2.24) is 0 Å². The van der Waals surface area contributed by atoms with Crippen LogP contribution in [0.2, 0.25) is 0 Å². The van der Waals surface area contributed by atoms with Crippen molar-refractivity contribution < 1.29 is 33.3 Å². The van der Waals surface area contributed by atoms with E-state index in [1.54, 1.807) is 0 Å². The molecule has 0 aromatic rings. The first-order valence-electron chi connectivity index (χ1n) is 5.58. The van der Waals surface area contributed by atoms with Crippen LogP contribution in [0.5, 0.6) is 0 Å². The summed E-state index contributed by atoms with van der Waals surface area (Å²) in [7, 11) is 0. The maximum Gasteiger partial charge on any atom is 0.305 e. The molecule has 1 rings (SSSR count). The molecule has 0 aromatic carbocycles. The van der Waals surface area contributed by atoms with E-state index < -0.39 is 42.5 Å². The average molecular weight is 386 g/mol. The molecule has 1 heterocycles. The summed E-state index contributed by atoms with van der Waals surface area (Å²) in [6, 6.07) is 0. The molecule has 0 N–H and O–H groups in total. The standard InChI is InChI=1S/C11H15IO7/c1-5(13)16-9-8(4-12)19-11(18-7(3)15)10(9)17-6(2)14/h8-11H,4H2,1-3H3/t8-,9-,10-,11+/m1/s1. The maximum absolute atomic E-state index is 11.1. The first-order chi connectivity index (χ1) is 8.85. The van der Waals surface area contributed by atoms with Gasteiger partial charge < -0.3 is 18.9 Å². The Kier molecular flexibility index (Phi) is 5.98. The number of hydrogen-bond acceptors (Lipinski definition) is 7. The Morgan fingerprint density at radius 1 is 0.947 bits per heavy atom. The van der Waals surface area contributed by atoms with Crippen molar-refractivity contribution in [1.29, 1.82) is 0 Å². The van der Waals surface area contributed by atoms with Crippen LogP contribution in [0.3, 0.4) is 0 Å². The molecule has 108 valence electrons. The molecule has 1 aliphatic heterocycles. The Morgan fingerprint density at radius 2 is 1.42 bits per heavy atom. The lowest BCUT2D eigenvalue weighted by Crippen LogP contribution is -2.41. The van der Waals surface area contributed by atoms with Crippen LogP contribution in [0, 0.1) is 0 Å². The zero-order chi connectivity index (χ0) is 14.6. The van der Waals surface area contributed by atoms with Crippen LogP contribution >= 0.6 is 22.6 Å². The fourth-order valence-corrected chi connectivity index (χ4v) is 2.43. The molecular formula is C11H15IO7. The minimum atomic E-state index is -1.06. The second-order valence-electron chi connectivity index (χ2n) is 3.95. The molecule has 1 aliphatic rings. The highest BCUT2D eigenvalue weighted by Gasteiger charge is 2.50. The summed E-state index contributed by atoms with van der Waals surface area (Å²) in [5.41, 5.74) is 0. The number of carbonyl (C=O) groups excluding carboxylic acids is 3. The van der Waals surface area contributed by atoms with Crippen molar-refractivity contribution in [2.45, 2.75) is 45.4 Å². The Morgan fingerprint density at radius 3 is 1.84 bits per heavy atom. The van der Waals surface area contributed by atoms with Gasteiger partial charge in [-0.3, -0.25) is 14.4 Å².